The molecule has 0 fully saturated rings. The summed E-state index contributed by atoms with van der Waals surface area (Å²) in [5.41, 5.74) is 1.04. The zero-order valence-electron chi connectivity index (χ0n) is 5.62. The molecule has 1 heterocycles. The highest BCUT2D eigenvalue weighted by atomic mass is 16.2. The summed E-state index contributed by atoms with van der Waals surface area (Å²) in [5.74, 6) is 0. The van der Waals surface area contributed by atoms with E-state index in [0.717, 1.165) is 5.56 Å². The van der Waals surface area contributed by atoms with Crippen LogP contribution in [-0.4, -0.2) is 21.9 Å². The van der Waals surface area contributed by atoms with Gasteiger partial charge in [0.1, 0.15) is 0 Å². The molecule has 0 atom stereocenters. The molecule has 0 unspecified atom stereocenters. The second-order valence-electron chi connectivity index (χ2n) is 1.95. The summed E-state index contributed by atoms with van der Waals surface area (Å²) in [5, 5.41) is 14.9. The van der Waals surface area contributed by atoms with E-state index in [1.54, 1.807) is 12.4 Å². The van der Waals surface area contributed by atoms with E-state index in [9.17, 15) is 0 Å². The van der Waals surface area contributed by atoms with Gasteiger partial charge in [-0.1, -0.05) is 12.2 Å². The fraction of sp³-hybridized carbons (Fsp3) is 0.286. The summed E-state index contributed by atoms with van der Waals surface area (Å²) < 4.78 is 0. The fourth-order valence-corrected chi connectivity index (χ4v) is 0.646. The monoisotopic (exact) mass is 138 g/mol. The number of aliphatic hydroxyl groups excluding tert-OH is 1. The van der Waals surface area contributed by atoms with E-state index in [1.807, 2.05) is 12.2 Å². The lowest BCUT2D eigenvalue weighted by Gasteiger charge is -1.82. The Morgan fingerprint density at radius 2 is 2.60 bits per heavy atom. The minimum absolute atomic E-state index is 0.203. The lowest BCUT2D eigenvalue weighted by atomic mass is 10.3. The van der Waals surface area contributed by atoms with Gasteiger partial charge in [-0.3, -0.25) is 5.10 Å². The van der Waals surface area contributed by atoms with Crippen molar-refractivity contribution in [1.82, 2.24) is 10.2 Å². The normalized spacial score (nSPS) is 10.9. The van der Waals surface area contributed by atoms with Crippen LogP contribution < -0.4 is 0 Å². The van der Waals surface area contributed by atoms with Crippen LogP contribution in [0.5, 0.6) is 0 Å². The van der Waals surface area contributed by atoms with Gasteiger partial charge in [0.25, 0.3) is 0 Å². The van der Waals surface area contributed by atoms with Crippen molar-refractivity contribution in [3.8, 4) is 0 Å². The number of aliphatic hydroxyl groups is 1. The topological polar surface area (TPSA) is 48.9 Å². The average molecular weight is 138 g/mol. The third-order valence-corrected chi connectivity index (χ3v) is 1.13. The highest BCUT2D eigenvalue weighted by Gasteiger charge is 1.83. The zero-order chi connectivity index (χ0) is 7.23. The molecule has 2 N–H and O–H groups in total. The van der Waals surface area contributed by atoms with Crippen molar-refractivity contribution in [3.63, 3.8) is 0 Å². The van der Waals surface area contributed by atoms with Crippen molar-refractivity contribution in [3.05, 3.63) is 24.0 Å². The molecule has 1 rings (SSSR count). The molecule has 3 heteroatoms. The Morgan fingerprint density at radius 3 is 3.20 bits per heavy atom. The van der Waals surface area contributed by atoms with Gasteiger partial charge in [0.2, 0.25) is 0 Å². The van der Waals surface area contributed by atoms with Gasteiger partial charge in [0.05, 0.1) is 6.20 Å². The van der Waals surface area contributed by atoms with E-state index >= 15 is 0 Å². The molecule has 0 radical (unpaired) electrons. The van der Waals surface area contributed by atoms with Crippen LogP contribution in [0.4, 0.5) is 0 Å². The first kappa shape index (κ1) is 7.02. The molecule has 54 valence electrons. The van der Waals surface area contributed by atoms with E-state index in [4.69, 9.17) is 5.11 Å². The van der Waals surface area contributed by atoms with Crippen LogP contribution in [-0.2, 0) is 0 Å². The minimum Gasteiger partial charge on any atom is -0.396 e. The Hall–Kier alpha value is -1.09. The number of aromatic amines is 1. The maximum absolute atomic E-state index is 8.42. The molecule has 1 aromatic rings. The summed E-state index contributed by atoms with van der Waals surface area (Å²) in [6.07, 6.45) is 8.05. The van der Waals surface area contributed by atoms with Crippen molar-refractivity contribution < 1.29 is 5.11 Å². The minimum atomic E-state index is 0.203. The van der Waals surface area contributed by atoms with Crippen LogP contribution in [0.2, 0.25) is 0 Å². The number of nitrogens with zero attached hydrogens (tertiary/aromatic N) is 1. The van der Waals surface area contributed by atoms with Crippen LogP contribution in [0.3, 0.4) is 0 Å². The molecular formula is C7H10N2O. The fourth-order valence-electron chi connectivity index (χ4n) is 0.646. The molecule has 0 amide bonds. The van der Waals surface area contributed by atoms with Gasteiger partial charge in [0.15, 0.2) is 0 Å². The standard InChI is InChI=1S/C7H10N2O/c10-4-2-1-3-7-5-8-9-6-7/h1,3,5-6,10H,2,4H2,(H,8,9). The first-order chi connectivity index (χ1) is 4.93. The molecule has 0 bridgehead atoms. The number of H-pyrrole nitrogens is 1. The van der Waals surface area contributed by atoms with E-state index in [0.29, 0.717) is 6.42 Å². The number of nitrogens with one attached hydrogen (secondary N) is 1. The van der Waals surface area contributed by atoms with Gasteiger partial charge in [0, 0.05) is 18.4 Å². The molecule has 0 spiro atoms. The highest BCUT2D eigenvalue weighted by molar-refractivity contribution is 5.45. The summed E-state index contributed by atoms with van der Waals surface area (Å²) >= 11 is 0. The van der Waals surface area contributed by atoms with E-state index in [1.165, 1.54) is 0 Å². The molecule has 0 aliphatic heterocycles. The predicted molar refractivity (Wildman–Crippen MR) is 39.3 cm³/mol. The lowest BCUT2D eigenvalue weighted by molar-refractivity contribution is 0.303. The molecule has 3 nitrogen and oxygen atoms in total. The lowest BCUT2D eigenvalue weighted by Crippen LogP contribution is -1.74. The van der Waals surface area contributed by atoms with Crippen LogP contribution in [0.25, 0.3) is 6.08 Å². The van der Waals surface area contributed by atoms with E-state index in [-0.39, 0.29) is 6.61 Å². The maximum atomic E-state index is 8.42. The van der Waals surface area contributed by atoms with Crippen LogP contribution >= 0.6 is 0 Å². The van der Waals surface area contributed by atoms with Gasteiger partial charge in [-0.25, -0.2) is 0 Å². The summed E-state index contributed by atoms with van der Waals surface area (Å²) in [7, 11) is 0. The molecule has 0 saturated heterocycles. The van der Waals surface area contributed by atoms with Crippen LogP contribution in [0, 0.1) is 0 Å². The zero-order valence-corrected chi connectivity index (χ0v) is 5.62. The van der Waals surface area contributed by atoms with Gasteiger partial charge < -0.3 is 5.11 Å². The maximum Gasteiger partial charge on any atom is 0.0559 e. The summed E-state index contributed by atoms with van der Waals surface area (Å²) in [6, 6.07) is 0. The first-order valence-corrected chi connectivity index (χ1v) is 3.19. The number of rotatable bonds is 3. The van der Waals surface area contributed by atoms with Crippen molar-refractivity contribution in [2.45, 2.75) is 6.42 Å². The quantitative estimate of drug-likeness (QED) is 0.649. The second kappa shape index (κ2) is 3.85. The van der Waals surface area contributed by atoms with Crippen molar-refractivity contribution in [1.29, 1.82) is 0 Å². The Kier molecular flexibility index (Phi) is 2.70. The van der Waals surface area contributed by atoms with Crippen molar-refractivity contribution in [2.24, 2.45) is 0 Å². The van der Waals surface area contributed by atoms with Gasteiger partial charge in [-0.05, 0) is 6.42 Å². The van der Waals surface area contributed by atoms with Gasteiger partial charge in [-0.2, -0.15) is 5.10 Å². The summed E-state index contributed by atoms with van der Waals surface area (Å²) in [4.78, 5) is 0. The van der Waals surface area contributed by atoms with Crippen molar-refractivity contribution in [2.75, 3.05) is 6.61 Å². The Labute approximate surface area is 59.4 Å². The Morgan fingerprint density at radius 1 is 1.70 bits per heavy atom. The van der Waals surface area contributed by atoms with E-state index < -0.39 is 0 Å². The third-order valence-electron chi connectivity index (χ3n) is 1.13. The number of hydrogen-bond acceptors (Lipinski definition) is 2. The Balaban J connectivity index is 2.40. The molecule has 0 aliphatic rings. The Bertz CT molecular complexity index is 191. The highest BCUT2D eigenvalue weighted by Crippen LogP contribution is 1.97. The van der Waals surface area contributed by atoms with Gasteiger partial charge >= 0.3 is 0 Å². The second-order valence-corrected chi connectivity index (χ2v) is 1.95. The number of aromatic nitrogens is 2. The first-order valence-electron chi connectivity index (χ1n) is 3.19. The smallest absolute Gasteiger partial charge is 0.0559 e. The molecule has 10 heavy (non-hydrogen) atoms. The molecular weight excluding hydrogens is 128 g/mol. The molecule has 0 aromatic carbocycles. The molecule has 0 saturated carbocycles. The molecule has 1 aromatic heterocycles. The average Bonchev–Trinajstić information content (AvgIpc) is 2.41. The van der Waals surface area contributed by atoms with Crippen LogP contribution in [0.15, 0.2) is 18.5 Å². The van der Waals surface area contributed by atoms with Crippen molar-refractivity contribution >= 4 is 6.08 Å². The number of hydrogen-bond donors (Lipinski definition) is 2. The predicted octanol–water partition coefficient (Wildman–Crippen LogP) is 0.805. The third kappa shape index (κ3) is 2.03. The summed E-state index contributed by atoms with van der Waals surface area (Å²) in [6.45, 7) is 0.203. The van der Waals surface area contributed by atoms with Gasteiger partial charge in [-0.15, -0.1) is 0 Å². The van der Waals surface area contributed by atoms with E-state index in [2.05, 4.69) is 10.2 Å². The largest absolute Gasteiger partial charge is 0.396 e. The molecule has 0 aliphatic carbocycles. The SMILES string of the molecule is OCCC=Cc1cn[nH]c1. The van der Waals surface area contributed by atoms with Crippen LogP contribution in [0.1, 0.15) is 12.0 Å².